The van der Waals surface area contributed by atoms with Crippen molar-refractivity contribution in [1.82, 2.24) is 0 Å². The van der Waals surface area contributed by atoms with Crippen molar-refractivity contribution in [3.63, 3.8) is 0 Å². The van der Waals surface area contributed by atoms with Gasteiger partial charge in [-0.1, -0.05) is 36.4 Å². The van der Waals surface area contributed by atoms with Gasteiger partial charge >= 0.3 is 5.97 Å². The molecule has 1 atom stereocenters. The topological polar surface area (TPSA) is 79.1 Å². The predicted octanol–water partition coefficient (Wildman–Crippen LogP) is 2.52. The van der Waals surface area contributed by atoms with Crippen LogP contribution in [0.25, 0.3) is 0 Å². The van der Waals surface area contributed by atoms with Crippen LogP contribution >= 0.6 is 0 Å². The van der Waals surface area contributed by atoms with Crippen LogP contribution in [-0.4, -0.2) is 35.5 Å². The third-order valence-corrected chi connectivity index (χ3v) is 3.20. The second kappa shape index (κ2) is 7.26. The fourth-order valence-corrected chi connectivity index (χ4v) is 2.02. The number of phenols is 1. The molecule has 0 aliphatic rings. The van der Waals surface area contributed by atoms with Crippen LogP contribution in [0.3, 0.4) is 0 Å². The molecule has 2 aromatic rings. The van der Waals surface area contributed by atoms with Crippen molar-refractivity contribution < 1.29 is 19.7 Å². The van der Waals surface area contributed by atoms with E-state index in [4.69, 9.17) is 4.74 Å². The van der Waals surface area contributed by atoms with Crippen LogP contribution in [-0.2, 0) is 11.2 Å². The lowest BCUT2D eigenvalue weighted by molar-refractivity contribution is -0.138. The summed E-state index contributed by atoms with van der Waals surface area (Å²) in [6.07, 6.45) is 1.65. The molecule has 0 bridgehead atoms. The molecule has 0 fully saturated rings. The van der Waals surface area contributed by atoms with Crippen molar-refractivity contribution in [2.75, 3.05) is 7.11 Å². The minimum atomic E-state index is -1.01. The highest BCUT2D eigenvalue weighted by Gasteiger charge is 2.16. The molecule has 0 aromatic heterocycles. The van der Waals surface area contributed by atoms with Gasteiger partial charge in [0.1, 0.15) is 0 Å². The van der Waals surface area contributed by atoms with Crippen LogP contribution in [0.1, 0.15) is 11.1 Å². The summed E-state index contributed by atoms with van der Waals surface area (Å²) in [6, 6.07) is 13.3. The lowest BCUT2D eigenvalue weighted by atomic mass is 10.1. The number of carbonyl (C=O) groups is 1. The number of carboxylic acids is 1. The first kappa shape index (κ1) is 15.6. The van der Waals surface area contributed by atoms with Gasteiger partial charge in [-0.05, 0) is 17.7 Å². The van der Waals surface area contributed by atoms with E-state index < -0.39 is 12.0 Å². The van der Waals surface area contributed by atoms with Crippen LogP contribution in [0.4, 0.5) is 0 Å². The Balaban J connectivity index is 2.19. The minimum absolute atomic E-state index is 0.0578. The zero-order valence-electron chi connectivity index (χ0n) is 12.1. The molecule has 0 aliphatic carbocycles. The number of phenolic OH excluding ortho intramolecular Hbond substituents is 1. The van der Waals surface area contributed by atoms with Gasteiger partial charge in [0.25, 0.3) is 0 Å². The van der Waals surface area contributed by atoms with E-state index in [1.807, 2.05) is 30.3 Å². The highest BCUT2D eigenvalue weighted by Crippen LogP contribution is 2.28. The quantitative estimate of drug-likeness (QED) is 0.803. The Morgan fingerprint density at radius 2 is 1.95 bits per heavy atom. The summed E-state index contributed by atoms with van der Waals surface area (Å²) in [5.74, 6) is -0.751. The van der Waals surface area contributed by atoms with Gasteiger partial charge < -0.3 is 14.9 Å². The number of benzene rings is 2. The van der Waals surface area contributed by atoms with Gasteiger partial charge in [0.05, 0.1) is 7.11 Å². The monoisotopic (exact) mass is 299 g/mol. The molecule has 0 saturated heterocycles. The molecule has 2 rings (SSSR count). The SMILES string of the molecule is COc1cccc(C=N[C@H](Cc2ccccc2)C(=O)O)c1O. The Hall–Kier alpha value is -2.82. The average Bonchev–Trinajstić information content (AvgIpc) is 2.53. The van der Waals surface area contributed by atoms with Crippen molar-refractivity contribution in [3.05, 3.63) is 59.7 Å². The Morgan fingerprint density at radius 1 is 1.23 bits per heavy atom. The second-order valence-corrected chi connectivity index (χ2v) is 4.72. The van der Waals surface area contributed by atoms with Crippen LogP contribution in [0.15, 0.2) is 53.5 Å². The number of para-hydroxylation sites is 1. The summed E-state index contributed by atoms with van der Waals surface area (Å²) in [5, 5.41) is 19.2. The van der Waals surface area contributed by atoms with Gasteiger partial charge in [0, 0.05) is 18.2 Å². The summed E-state index contributed by atoms with van der Waals surface area (Å²) in [4.78, 5) is 15.4. The summed E-state index contributed by atoms with van der Waals surface area (Å²) in [5.41, 5.74) is 1.31. The number of aliphatic imine (C=N–C) groups is 1. The smallest absolute Gasteiger partial charge is 0.328 e. The fraction of sp³-hybridized carbons (Fsp3) is 0.176. The van der Waals surface area contributed by atoms with Crippen LogP contribution in [0.5, 0.6) is 11.5 Å². The molecular weight excluding hydrogens is 282 g/mol. The van der Waals surface area contributed by atoms with Crippen molar-refractivity contribution in [1.29, 1.82) is 0 Å². The molecule has 0 radical (unpaired) electrons. The van der Waals surface area contributed by atoms with E-state index in [2.05, 4.69) is 4.99 Å². The first-order valence-corrected chi connectivity index (χ1v) is 6.77. The summed E-state index contributed by atoms with van der Waals surface area (Å²) < 4.78 is 5.01. The number of methoxy groups -OCH3 is 1. The highest BCUT2D eigenvalue weighted by atomic mass is 16.5. The number of aliphatic carboxylic acids is 1. The third kappa shape index (κ3) is 3.85. The highest BCUT2D eigenvalue weighted by molar-refractivity contribution is 5.87. The summed E-state index contributed by atoms with van der Waals surface area (Å²) in [7, 11) is 1.45. The molecule has 0 heterocycles. The predicted molar refractivity (Wildman–Crippen MR) is 83.8 cm³/mol. The maximum absolute atomic E-state index is 11.3. The molecule has 0 amide bonds. The normalized spacial score (nSPS) is 12.2. The third-order valence-electron chi connectivity index (χ3n) is 3.20. The van der Waals surface area contributed by atoms with E-state index in [0.29, 0.717) is 11.3 Å². The number of carboxylic acid groups (broad SMARTS) is 1. The Kier molecular flexibility index (Phi) is 5.14. The molecule has 0 aliphatic heterocycles. The van der Waals surface area contributed by atoms with Gasteiger partial charge in [0.15, 0.2) is 17.5 Å². The van der Waals surface area contributed by atoms with Crippen molar-refractivity contribution in [2.24, 2.45) is 4.99 Å². The standard InChI is InChI=1S/C17H17NO4/c1-22-15-9-5-8-13(16(15)19)11-18-14(17(20)21)10-12-6-3-2-4-7-12/h2-9,11,14,19H,10H2,1H3,(H,20,21)/t14-/m1/s1. The van der Waals surface area contributed by atoms with E-state index in [1.165, 1.54) is 13.3 Å². The van der Waals surface area contributed by atoms with Crippen molar-refractivity contribution >= 4 is 12.2 Å². The molecule has 5 nitrogen and oxygen atoms in total. The zero-order valence-corrected chi connectivity index (χ0v) is 12.1. The average molecular weight is 299 g/mol. The number of hydrogen-bond acceptors (Lipinski definition) is 4. The Morgan fingerprint density at radius 3 is 2.59 bits per heavy atom. The second-order valence-electron chi connectivity index (χ2n) is 4.72. The van der Waals surface area contributed by atoms with E-state index >= 15 is 0 Å². The lowest BCUT2D eigenvalue weighted by Crippen LogP contribution is -2.20. The van der Waals surface area contributed by atoms with Gasteiger partial charge in [-0.3, -0.25) is 4.99 Å². The van der Waals surface area contributed by atoms with E-state index in [-0.39, 0.29) is 12.2 Å². The Bertz CT molecular complexity index is 668. The van der Waals surface area contributed by atoms with Crippen LogP contribution in [0.2, 0.25) is 0 Å². The molecular formula is C17H17NO4. The molecule has 22 heavy (non-hydrogen) atoms. The maximum Gasteiger partial charge on any atom is 0.328 e. The van der Waals surface area contributed by atoms with Crippen molar-refractivity contribution in [3.8, 4) is 11.5 Å². The molecule has 5 heteroatoms. The molecule has 0 saturated carbocycles. The van der Waals surface area contributed by atoms with Gasteiger partial charge in [-0.25, -0.2) is 4.79 Å². The first-order chi connectivity index (χ1) is 10.6. The van der Waals surface area contributed by atoms with Crippen LogP contribution < -0.4 is 4.74 Å². The molecule has 0 spiro atoms. The molecule has 2 N–H and O–H groups in total. The molecule has 0 unspecified atom stereocenters. The van der Waals surface area contributed by atoms with Gasteiger partial charge in [0.2, 0.25) is 0 Å². The maximum atomic E-state index is 11.3. The summed E-state index contributed by atoms with van der Waals surface area (Å²) >= 11 is 0. The van der Waals surface area contributed by atoms with E-state index in [9.17, 15) is 15.0 Å². The van der Waals surface area contributed by atoms with Crippen molar-refractivity contribution in [2.45, 2.75) is 12.5 Å². The number of nitrogens with zero attached hydrogens (tertiary/aromatic N) is 1. The first-order valence-electron chi connectivity index (χ1n) is 6.77. The van der Waals surface area contributed by atoms with E-state index in [1.54, 1.807) is 18.2 Å². The fourth-order valence-electron chi connectivity index (χ4n) is 2.02. The number of ether oxygens (including phenoxy) is 1. The number of hydrogen-bond donors (Lipinski definition) is 2. The van der Waals surface area contributed by atoms with Gasteiger partial charge in [-0.15, -0.1) is 0 Å². The largest absolute Gasteiger partial charge is 0.504 e. The van der Waals surface area contributed by atoms with Crippen LogP contribution in [0, 0.1) is 0 Å². The van der Waals surface area contributed by atoms with E-state index in [0.717, 1.165) is 5.56 Å². The number of aromatic hydroxyl groups is 1. The number of rotatable bonds is 6. The minimum Gasteiger partial charge on any atom is -0.504 e. The summed E-state index contributed by atoms with van der Waals surface area (Å²) in [6.45, 7) is 0. The lowest BCUT2D eigenvalue weighted by Gasteiger charge is -2.08. The molecule has 2 aromatic carbocycles. The van der Waals surface area contributed by atoms with Gasteiger partial charge in [-0.2, -0.15) is 0 Å². The molecule has 114 valence electrons. The Labute approximate surface area is 128 Å². The zero-order chi connectivity index (χ0) is 15.9.